The maximum atomic E-state index is 4.72. The SMILES string of the molecule is CCC(C)c1cc(Nc2cnc3ccn(Cc4cccnc4)c3n2)n[nH]1. The molecule has 4 heterocycles. The molecule has 0 spiro atoms. The second-order valence-corrected chi connectivity index (χ2v) is 6.41. The predicted octanol–water partition coefficient (Wildman–Crippen LogP) is 3.85. The van der Waals surface area contributed by atoms with Crippen molar-refractivity contribution in [1.29, 1.82) is 0 Å². The van der Waals surface area contributed by atoms with Gasteiger partial charge in [-0.05, 0) is 30.0 Å². The molecule has 4 aromatic rings. The molecule has 0 bridgehead atoms. The highest BCUT2D eigenvalue weighted by molar-refractivity contribution is 5.73. The molecule has 0 aliphatic rings. The average Bonchev–Trinajstić information content (AvgIpc) is 3.29. The Morgan fingerprint density at radius 1 is 1.23 bits per heavy atom. The molecule has 1 unspecified atom stereocenters. The Kier molecular flexibility index (Phi) is 4.35. The monoisotopic (exact) mass is 347 g/mol. The van der Waals surface area contributed by atoms with Crippen LogP contribution in [0.3, 0.4) is 0 Å². The third kappa shape index (κ3) is 3.28. The summed E-state index contributed by atoms with van der Waals surface area (Å²) in [4.78, 5) is 13.4. The van der Waals surface area contributed by atoms with E-state index in [-0.39, 0.29) is 0 Å². The van der Waals surface area contributed by atoms with Crippen molar-refractivity contribution in [3.8, 4) is 0 Å². The summed E-state index contributed by atoms with van der Waals surface area (Å²) >= 11 is 0. The molecule has 0 aliphatic heterocycles. The molecule has 7 heteroatoms. The smallest absolute Gasteiger partial charge is 0.161 e. The molecule has 4 aromatic heterocycles. The quantitative estimate of drug-likeness (QED) is 0.553. The maximum Gasteiger partial charge on any atom is 0.161 e. The van der Waals surface area contributed by atoms with Gasteiger partial charge in [0.15, 0.2) is 17.3 Å². The largest absolute Gasteiger partial charge is 0.327 e. The lowest BCUT2D eigenvalue weighted by Gasteiger charge is -2.06. The molecule has 0 aromatic carbocycles. The summed E-state index contributed by atoms with van der Waals surface area (Å²) < 4.78 is 2.07. The molecule has 4 rings (SSSR count). The standard InChI is InChI=1S/C19H21N7/c1-3-13(2)16-9-17(25-24-16)22-18-11-21-15-6-8-26(19(15)23-18)12-14-5-4-7-20-10-14/h4-11,13H,3,12H2,1-2H3,(H2,22,23,24,25). The van der Waals surface area contributed by atoms with E-state index < -0.39 is 0 Å². The van der Waals surface area contributed by atoms with E-state index in [0.717, 1.165) is 34.7 Å². The first-order chi connectivity index (χ1) is 12.7. The third-order valence-corrected chi connectivity index (χ3v) is 4.54. The highest BCUT2D eigenvalue weighted by atomic mass is 15.2. The lowest BCUT2D eigenvalue weighted by molar-refractivity contribution is 0.703. The van der Waals surface area contributed by atoms with Crippen molar-refractivity contribution in [3.63, 3.8) is 0 Å². The normalized spacial score (nSPS) is 12.4. The van der Waals surface area contributed by atoms with E-state index >= 15 is 0 Å². The molecule has 7 nitrogen and oxygen atoms in total. The van der Waals surface area contributed by atoms with Crippen LogP contribution in [0.25, 0.3) is 11.2 Å². The number of hydrogen-bond donors (Lipinski definition) is 2. The number of hydrogen-bond acceptors (Lipinski definition) is 5. The summed E-state index contributed by atoms with van der Waals surface area (Å²) in [6.45, 7) is 5.04. The second-order valence-electron chi connectivity index (χ2n) is 6.41. The van der Waals surface area contributed by atoms with Gasteiger partial charge in [-0.1, -0.05) is 19.9 Å². The lowest BCUT2D eigenvalue weighted by atomic mass is 10.1. The fraction of sp³-hybridized carbons (Fsp3) is 0.263. The Balaban J connectivity index is 1.58. The first-order valence-corrected chi connectivity index (χ1v) is 8.76. The van der Waals surface area contributed by atoms with Crippen molar-refractivity contribution in [2.24, 2.45) is 0 Å². The van der Waals surface area contributed by atoms with Gasteiger partial charge in [-0.3, -0.25) is 10.1 Å². The number of anilines is 2. The summed E-state index contributed by atoms with van der Waals surface area (Å²) in [5.41, 5.74) is 3.93. The number of H-pyrrole nitrogens is 1. The van der Waals surface area contributed by atoms with E-state index in [1.807, 2.05) is 30.6 Å². The Bertz CT molecular complexity index is 1000. The Morgan fingerprint density at radius 2 is 2.15 bits per heavy atom. The van der Waals surface area contributed by atoms with Gasteiger partial charge in [0.1, 0.15) is 5.52 Å². The molecule has 132 valence electrons. The van der Waals surface area contributed by atoms with Crippen molar-refractivity contribution in [2.45, 2.75) is 32.7 Å². The zero-order valence-electron chi connectivity index (χ0n) is 14.8. The van der Waals surface area contributed by atoms with E-state index in [1.54, 1.807) is 12.4 Å². The maximum absolute atomic E-state index is 4.72. The first kappa shape index (κ1) is 16.3. The molecule has 26 heavy (non-hydrogen) atoms. The molecule has 1 atom stereocenters. The molecule has 0 saturated heterocycles. The number of rotatable bonds is 6. The number of nitrogens with zero attached hydrogens (tertiary/aromatic N) is 5. The molecular formula is C19H21N7. The first-order valence-electron chi connectivity index (χ1n) is 8.76. The number of aromatic amines is 1. The number of aromatic nitrogens is 6. The van der Waals surface area contributed by atoms with Crippen LogP contribution in [0.2, 0.25) is 0 Å². The summed E-state index contributed by atoms with van der Waals surface area (Å²) in [5.74, 6) is 1.87. The topological polar surface area (TPSA) is 84.3 Å². The molecule has 0 fully saturated rings. The minimum absolute atomic E-state index is 0.448. The highest BCUT2D eigenvalue weighted by Gasteiger charge is 2.10. The molecule has 0 saturated carbocycles. The van der Waals surface area contributed by atoms with Crippen LogP contribution in [0.5, 0.6) is 0 Å². The van der Waals surface area contributed by atoms with Crippen LogP contribution in [0.4, 0.5) is 11.6 Å². The Morgan fingerprint density at radius 3 is 2.96 bits per heavy atom. The second kappa shape index (κ2) is 6.95. The van der Waals surface area contributed by atoms with Crippen LogP contribution in [0.1, 0.15) is 37.4 Å². The van der Waals surface area contributed by atoms with E-state index in [2.05, 4.69) is 50.0 Å². The van der Waals surface area contributed by atoms with Gasteiger partial charge in [0, 0.05) is 30.4 Å². The number of nitrogens with one attached hydrogen (secondary N) is 2. The fourth-order valence-electron chi connectivity index (χ4n) is 2.83. The Hall–Kier alpha value is -3.22. The van der Waals surface area contributed by atoms with Gasteiger partial charge >= 0.3 is 0 Å². The van der Waals surface area contributed by atoms with Crippen LogP contribution in [0.15, 0.2) is 49.1 Å². The molecule has 0 aliphatic carbocycles. The third-order valence-electron chi connectivity index (χ3n) is 4.54. The summed E-state index contributed by atoms with van der Waals surface area (Å²) in [5, 5.41) is 10.6. The average molecular weight is 347 g/mol. The van der Waals surface area contributed by atoms with Crippen LogP contribution < -0.4 is 5.32 Å². The minimum Gasteiger partial charge on any atom is -0.327 e. The zero-order chi connectivity index (χ0) is 17.9. The Labute approximate surface area is 151 Å². The molecule has 0 amide bonds. The van der Waals surface area contributed by atoms with E-state index in [1.165, 1.54) is 0 Å². The van der Waals surface area contributed by atoms with Crippen molar-refractivity contribution in [3.05, 3.63) is 60.3 Å². The summed E-state index contributed by atoms with van der Waals surface area (Å²) in [6, 6.07) is 7.98. The van der Waals surface area contributed by atoms with Crippen LogP contribution in [0, 0.1) is 0 Å². The van der Waals surface area contributed by atoms with Gasteiger partial charge in [-0.15, -0.1) is 0 Å². The van der Waals surface area contributed by atoms with Crippen molar-refractivity contribution in [2.75, 3.05) is 5.32 Å². The molecule has 2 N–H and O–H groups in total. The molecule has 0 radical (unpaired) electrons. The van der Waals surface area contributed by atoms with E-state index in [0.29, 0.717) is 18.3 Å². The van der Waals surface area contributed by atoms with Crippen molar-refractivity contribution in [1.82, 2.24) is 29.7 Å². The van der Waals surface area contributed by atoms with Gasteiger partial charge in [0.05, 0.1) is 12.7 Å². The lowest BCUT2D eigenvalue weighted by Crippen LogP contribution is -2.02. The van der Waals surface area contributed by atoms with Crippen molar-refractivity contribution >= 4 is 22.8 Å². The summed E-state index contributed by atoms with van der Waals surface area (Å²) in [7, 11) is 0. The van der Waals surface area contributed by atoms with E-state index in [9.17, 15) is 0 Å². The van der Waals surface area contributed by atoms with Gasteiger partial charge < -0.3 is 9.88 Å². The van der Waals surface area contributed by atoms with Crippen LogP contribution in [-0.2, 0) is 6.54 Å². The van der Waals surface area contributed by atoms with Gasteiger partial charge in [-0.25, -0.2) is 9.97 Å². The van der Waals surface area contributed by atoms with Crippen LogP contribution in [-0.4, -0.2) is 29.7 Å². The van der Waals surface area contributed by atoms with E-state index in [4.69, 9.17) is 4.98 Å². The highest BCUT2D eigenvalue weighted by Crippen LogP contribution is 2.21. The number of pyridine rings is 1. The van der Waals surface area contributed by atoms with Gasteiger partial charge in [0.25, 0.3) is 0 Å². The molecular weight excluding hydrogens is 326 g/mol. The zero-order valence-corrected chi connectivity index (χ0v) is 14.8. The van der Waals surface area contributed by atoms with Crippen molar-refractivity contribution < 1.29 is 0 Å². The summed E-state index contributed by atoms with van der Waals surface area (Å²) in [6.07, 6.45) is 8.43. The fourth-order valence-corrected chi connectivity index (χ4v) is 2.83. The number of fused-ring (bicyclic) bond motifs is 1. The van der Waals surface area contributed by atoms with Gasteiger partial charge in [0.2, 0.25) is 0 Å². The minimum atomic E-state index is 0.448. The predicted molar refractivity (Wildman–Crippen MR) is 101 cm³/mol. The van der Waals surface area contributed by atoms with Crippen LogP contribution >= 0.6 is 0 Å². The van der Waals surface area contributed by atoms with Gasteiger partial charge in [-0.2, -0.15) is 5.10 Å².